The predicted octanol–water partition coefficient (Wildman–Crippen LogP) is 4.81. The topological polar surface area (TPSA) is 41.1 Å². The number of rotatable bonds is 5. The van der Waals surface area contributed by atoms with E-state index in [-0.39, 0.29) is 17.0 Å². The third kappa shape index (κ3) is 4.93. The molecule has 0 aliphatic heterocycles. The Balaban J connectivity index is 1.99. The number of carbonyl (C=O) groups excluding carboxylic acids is 1. The van der Waals surface area contributed by atoms with Crippen molar-refractivity contribution < 1.29 is 9.18 Å². The Morgan fingerprint density at radius 3 is 2.52 bits per heavy atom. The van der Waals surface area contributed by atoms with Gasteiger partial charge in [0.2, 0.25) is 5.91 Å². The lowest BCUT2D eigenvalue weighted by Gasteiger charge is -2.20. The van der Waals surface area contributed by atoms with Gasteiger partial charge in [-0.1, -0.05) is 35.3 Å². The smallest absolute Gasteiger partial charge is 0.241 e. The van der Waals surface area contributed by atoms with Crippen LogP contribution in [0.15, 0.2) is 42.5 Å². The molecule has 0 aromatic heterocycles. The molecule has 2 aromatic carbocycles. The molecule has 1 amide bonds. The maximum absolute atomic E-state index is 13.0. The Labute approximate surface area is 144 Å². The minimum atomic E-state index is -0.467. The van der Waals surface area contributed by atoms with Gasteiger partial charge in [-0.3, -0.25) is 10.1 Å². The van der Waals surface area contributed by atoms with Crippen LogP contribution in [0.25, 0.3) is 0 Å². The van der Waals surface area contributed by atoms with Crippen LogP contribution in [0.1, 0.15) is 25.5 Å². The second kappa shape index (κ2) is 7.77. The fourth-order valence-corrected chi connectivity index (χ4v) is 2.57. The minimum absolute atomic E-state index is 0.0573. The molecule has 0 saturated heterocycles. The molecule has 0 radical (unpaired) electrons. The summed E-state index contributed by atoms with van der Waals surface area (Å²) >= 11 is 11.9. The van der Waals surface area contributed by atoms with Crippen LogP contribution >= 0.6 is 23.2 Å². The normalized spacial score (nSPS) is 13.4. The van der Waals surface area contributed by atoms with Gasteiger partial charge in [0.15, 0.2) is 0 Å². The fraction of sp³-hybridized carbons (Fsp3) is 0.235. The third-order valence-corrected chi connectivity index (χ3v) is 3.98. The molecular weight excluding hydrogens is 338 g/mol. The van der Waals surface area contributed by atoms with Crippen LogP contribution in [0.5, 0.6) is 0 Å². The van der Waals surface area contributed by atoms with Crippen LogP contribution in [0.4, 0.5) is 10.1 Å². The highest BCUT2D eigenvalue weighted by atomic mass is 35.5. The number of hydrogen-bond acceptors (Lipinski definition) is 2. The molecule has 0 fully saturated rings. The summed E-state index contributed by atoms with van der Waals surface area (Å²) in [5.74, 6) is -0.707. The highest BCUT2D eigenvalue weighted by molar-refractivity contribution is 6.33. The maximum atomic E-state index is 13.0. The van der Waals surface area contributed by atoms with E-state index in [1.165, 1.54) is 12.1 Å². The first-order valence-corrected chi connectivity index (χ1v) is 7.90. The summed E-state index contributed by atoms with van der Waals surface area (Å²) in [7, 11) is 0. The first-order chi connectivity index (χ1) is 10.9. The fourth-order valence-electron chi connectivity index (χ4n) is 2.15. The van der Waals surface area contributed by atoms with E-state index in [2.05, 4.69) is 10.6 Å². The van der Waals surface area contributed by atoms with E-state index >= 15 is 0 Å². The molecule has 0 saturated carbocycles. The molecule has 0 aliphatic rings. The second-order valence-electron chi connectivity index (χ2n) is 5.28. The molecule has 0 spiro atoms. The van der Waals surface area contributed by atoms with E-state index in [0.29, 0.717) is 10.7 Å². The Morgan fingerprint density at radius 1 is 1.13 bits per heavy atom. The summed E-state index contributed by atoms with van der Waals surface area (Å²) in [6, 6.07) is 10.7. The molecule has 2 atom stereocenters. The van der Waals surface area contributed by atoms with Crippen molar-refractivity contribution in [3.63, 3.8) is 0 Å². The molecule has 0 aliphatic carbocycles. The standard InChI is InChI=1S/C17H17Cl2FN2O/c1-10(12-4-3-5-13(18)8-12)21-11(2)17(23)22-16-7-6-14(20)9-15(16)19/h3-11,21H,1-2H3,(H,22,23)/t10-,11+/m0/s1. The molecule has 2 aromatic rings. The monoisotopic (exact) mass is 354 g/mol. The predicted molar refractivity (Wildman–Crippen MR) is 92.5 cm³/mol. The van der Waals surface area contributed by atoms with Crippen LogP contribution in [0.2, 0.25) is 10.0 Å². The van der Waals surface area contributed by atoms with Gasteiger partial charge in [0.1, 0.15) is 5.82 Å². The lowest BCUT2D eigenvalue weighted by Crippen LogP contribution is -2.39. The number of hydrogen-bond donors (Lipinski definition) is 2. The summed E-state index contributed by atoms with van der Waals surface area (Å²) < 4.78 is 13.0. The number of anilines is 1. The summed E-state index contributed by atoms with van der Waals surface area (Å²) in [6.07, 6.45) is 0. The molecule has 6 heteroatoms. The molecular formula is C17H17Cl2FN2O. The van der Waals surface area contributed by atoms with Crippen molar-refractivity contribution in [3.8, 4) is 0 Å². The Morgan fingerprint density at radius 2 is 1.87 bits per heavy atom. The van der Waals surface area contributed by atoms with Crippen molar-refractivity contribution in [2.24, 2.45) is 0 Å². The highest BCUT2D eigenvalue weighted by Crippen LogP contribution is 2.23. The van der Waals surface area contributed by atoms with Gasteiger partial charge in [-0.05, 0) is 49.7 Å². The second-order valence-corrected chi connectivity index (χ2v) is 6.12. The first-order valence-electron chi connectivity index (χ1n) is 7.14. The summed E-state index contributed by atoms with van der Waals surface area (Å²) in [6.45, 7) is 3.69. The van der Waals surface area contributed by atoms with E-state index < -0.39 is 11.9 Å². The average Bonchev–Trinajstić information content (AvgIpc) is 2.49. The number of nitrogens with one attached hydrogen (secondary N) is 2. The number of amides is 1. The summed E-state index contributed by atoms with van der Waals surface area (Å²) in [5.41, 5.74) is 1.36. The molecule has 2 N–H and O–H groups in total. The lowest BCUT2D eigenvalue weighted by atomic mass is 10.1. The largest absolute Gasteiger partial charge is 0.323 e. The Kier molecular flexibility index (Phi) is 5.99. The molecule has 0 unspecified atom stereocenters. The molecule has 0 heterocycles. The Hall–Kier alpha value is -1.62. The van der Waals surface area contributed by atoms with Crippen LogP contribution in [-0.2, 0) is 4.79 Å². The van der Waals surface area contributed by atoms with Crippen molar-refractivity contribution in [3.05, 3.63) is 63.9 Å². The molecule has 3 nitrogen and oxygen atoms in total. The maximum Gasteiger partial charge on any atom is 0.241 e. The van der Waals surface area contributed by atoms with E-state index in [1.807, 2.05) is 25.1 Å². The quantitative estimate of drug-likeness (QED) is 0.808. The van der Waals surface area contributed by atoms with Crippen molar-refractivity contribution in [1.82, 2.24) is 5.32 Å². The van der Waals surface area contributed by atoms with E-state index in [4.69, 9.17) is 23.2 Å². The van der Waals surface area contributed by atoms with Gasteiger partial charge in [0, 0.05) is 11.1 Å². The summed E-state index contributed by atoms with van der Waals surface area (Å²) in [5, 5.41) is 6.67. The van der Waals surface area contributed by atoms with Gasteiger partial charge in [0.25, 0.3) is 0 Å². The van der Waals surface area contributed by atoms with Crippen LogP contribution in [0, 0.1) is 5.82 Å². The van der Waals surface area contributed by atoms with E-state index in [9.17, 15) is 9.18 Å². The van der Waals surface area contributed by atoms with Gasteiger partial charge in [-0.15, -0.1) is 0 Å². The third-order valence-electron chi connectivity index (χ3n) is 3.43. The molecule has 0 bridgehead atoms. The molecule has 122 valence electrons. The van der Waals surface area contributed by atoms with Crippen molar-refractivity contribution in [1.29, 1.82) is 0 Å². The van der Waals surface area contributed by atoms with Crippen molar-refractivity contribution in [2.75, 3.05) is 5.32 Å². The zero-order chi connectivity index (χ0) is 17.0. The SMILES string of the molecule is C[C@H](N[C@H](C)C(=O)Nc1ccc(F)cc1Cl)c1cccc(Cl)c1. The van der Waals surface area contributed by atoms with Gasteiger partial charge >= 0.3 is 0 Å². The number of benzene rings is 2. The van der Waals surface area contributed by atoms with Gasteiger partial charge in [-0.25, -0.2) is 4.39 Å². The van der Waals surface area contributed by atoms with Crippen LogP contribution in [-0.4, -0.2) is 11.9 Å². The minimum Gasteiger partial charge on any atom is -0.323 e. The first kappa shape index (κ1) is 17.7. The van der Waals surface area contributed by atoms with Gasteiger partial charge < -0.3 is 5.32 Å². The molecule has 23 heavy (non-hydrogen) atoms. The van der Waals surface area contributed by atoms with Gasteiger partial charge in [-0.2, -0.15) is 0 Å². The van der Waals surface area contributed by atoms with E-state index in [0.717, 1.165) is 11.6 Å². The Bertz CT molecular complexity index is 709. The average molecular weight is 355 g/mol. The number of carbonyl (C=O) groups is 1. The van der Waals surface area contributed by atoms with E-state index in [1.54, 1.807) is 13.0 Å². The lowest BCUT2D eigenvalue weighted by molar-refractivity contribution is -0.117. The zero-order valence-corrected chi connectivity index (χ0v) is 14.3. The zero-order valence-electron chi connectivity index (χ0n) is 12.7. The van der Waals surface area contributed by atoms with Gasteiger partial charge in [0.05, 0.1) is 16.8 Å². The van der Waals surface area contributed by atoms with Crippen LogP contribution < -0.4 is 10.6 Å². The van der Waals surface area contributed by atoms with Crippen LogP contribution in [0.3, 0.4) is 0 Å². The molecule has 2 rings (SSSR count). The highest BCUT2D eigenvalue weighted by Gasteiger charge is 2.17. The van der Waals surface area contributed by atoms with Crippen molar-refractivity contribution >= 4 is 34.8 Å². The number of halogens is 3. The summed E-state index contributed by atoms with van der Waals surface area (Å²) in [4.78, 5) is 12.2. The van der Waals surface area contributed by atoms with Crippen molar-refractivity contribution in [2.45, 2.75) is 25.9 Å².